The fourth-order valence-corrected chi connectivity index (χ4v) is 2.04. The number of methoxy groups -OCH3 is 1. The van der Waals surface area contributed by atoms with Gasteiger partial charge < -0.3 is 14.3 Å². The molecule has 0 spiro atoms. The average molecular weight is 271 g/mol. The van der Waals surface area contributed by atoms with Crippen LogP contribution in [0.4, 0.5) is 0 Å². The van der Waals surface area contributed by atoms with E-state index in [4.69, 9.17) is 9.47 Å². The quantitative estimate of drug-likeness (QED) is 0.788. The summed E-state index contributed by atoms with van der Waals surface area (Å²) in [6.07, 6.45) is 0.945. The number of aldehydes is 1. The van der Waals surface area contributed by atoms with E-state index in [0.29, 0.717) is 13.2 Å². The van der Waals surface area contributed by atoms with Gasteiger partial charge in [0.15, 0.2) is 0 Å². The lowest BCUT2D eigenvalue weighted by molar-refractivity contribution is -0.130. The fourth-order valence-electron chi connectivity index (χ4n) is 1.68. The van der Waals surface area contributed by atoms with Crippen LogP contribution in [0, 0.1) is 0 Å². The normalized spacial score (nSPS) is 18.0. The first-order valence-corrected chi connectivity index (χ1v) is 5.39. The van der Waals surface area contributed by atoms with Crippen molar-refractivity contribution in [3.8, 4) is 5.75 Å². The molecule has 1 fully saturated rings. The van der Waals surface area contributed by atoms with E-state index in [0.717, 1.165) is 22.1 Å². The van der Waals surface area contributed by atoms with Crippen molar-refractivity contribution in [1.82, 2.24) is 0 Å². The summed E-state index contributed by atoms with van der Waals surface area (Å²) < 4.78 is 11.3. The zero-order valence-electron chi connectivity index (χ0n) is 8.33. The molecule has 0 aliphatic carbocycles. The number of carbonyl (C=O) groups excluding carboxylic acids is 1. The Hall–Kier alpha value is -0.870. The molecular formula is C11H11BrO3. The first-order chi connectivity index (χ1) is 7.22. The van der Waals surface area contributed by atoms with Crippen molar-refractivity contribution in [2.24, 2.45) is 0 Å². The average Bonchev–Trinajstić information content (AvgIpc) is 2.17. The van der Waals surface area contributed by atoms with Crippen LogP contribution in [0.1, 0.15) is 5.56 Å². The van der Waals surface area contributed by atoms with Crippen LogP contribution in [-0.2, 0) is 14.9 Å². The monoisotopic (exact) mass is 270 g/mol. The van der Waals surface area contributed by atoms with E-state index in [1.807, 2.05) is 18.2 Å². The third-order valence-corrected chi connectivity index (χ3v) is 3.14. The molecule has 0 saturated carbocycles. The van der Waals surface area contributed by atoms with Gasteiger partial charge >= 0.3 is 0 Å². The number of rotatable bonds is 3. The highest BCUT2D eigenvalue weighted by Gasteiger charge is 2.42. The largest absolute Gasteiger partial charge is 0.496 e. The summed E-state index contributed by atoms with van der Waals surface area (Å²) in [4.78, 5) is 11.1. The van der Waals surface area contributed by atoms with Crippen molar-refractivity contribution < 1.29 is 14.3 Å². The fraction of sp³-hybridized carbons (Fsp3) is 0.364. The number of ether oxygens (including phenoxy) is 2. The Kier molecular flexibility index (Phi) is 2.80. The maximum Gasteiger partial charge on any atom is 0.135 e. The van der Waals surface area contributed by atoms with E-state index in [1.165, 1.54) is 0 Å². The van der Waals surface area contributed by atoms with Crippen LogP contribution < -0.4 is 4.74 Å². The Balaban J connectivity index is 2.49. The van der Waals surface area contributed by atoms with Crippen LogP contribution in [0.5, 0.6) is 5.75 Å². The molecule has 1 saturated heterocycles. The lowest BCUT2D eigenvalue weighted by atomic mass is 9.79. The molecule has 0 amide bonds. The summed E-state index contributed by atoms with van der Waals surface area (Å²) in [6.45, 7) is 0.868. The SMILES string of the molecule is COc1ccc(Br)cc1C1(C=O)COC1. The maximum absolute atomic E-state index is 11.1. The molecule has 1 aliphatic heterocycles. The van der Waals surface area contributed by atoms with E-state index in [2.05, 4.69) is 15.9 Å². The Morgan fingerprint density at radius 1 is 1.53 bits per heavy atom. The molecule has 1 aromatic rings. The summed E-state index contributed by atoms with van der Waals surface area (Å²) >= 11 is 3.39. The molecular weight excluding hydrogens is 260 g/mol. The van der Waals surface area contributed by atoms with Gasteiger partial charge in [-0.05, 0) is 18.2 Å². The van der Waals surface area contributed by atoms with Crippen molar-refractivity contribution >= 4 is 22.2 Å². The van der Waals surface area contributed by atoms with E-state index >= 15 is 0 Å². The van der Waals surface area contributed by atoms with Crippen LogP contribution >= 0.6 is 15.9 Å². The van der Waals surface area contributed by atoms with Gasteiger partial charge in [-0.3, -0.25) is 0 Å². The second-order valence-corrected chi connectivity index (χ2v) is 4.53. The van der Waals surface area contributed by atoms with E-state index in [9.17, 15) is 4.79 Å². The summed E-state index contributed by atoms with van der Waals surface area (Å²) in [6, 6.07) is 5.65. The van der Waals surface area contributed by atoms with Crippen molar-refractivity contribution in [1.29, 1.82) is 0 Å². The van der Waals surface area contributed by atoms with Gasteiger partial charge in [0.2, 0.25) is 0 Å². The predicted molar refractivity (Wildman–Crippen MR) is 59.3 cm³/mol. The Labute approximate surface area is 96.5 Å². The minimum absolute atomic E-state index is 0.434. The second kappa shape index (κ2) is 3.94. The number of hydrogen-bond acceptors (Lipinski definition) is 3. The molecule has 0 unspecified atom stereocenters. The minimum atomic E-state index is -0.519. The molecule has 0 bridgehead atoms. The number of carbonyl (C=O) groups is 1. The molecule has 1 aromatic carbocycles. The second-order valence-electron chi connectivity index (χ2n) is 3.61. The van der Waals surface area contributed by atoms with Gasteiger partial charge in [0.1, 0.15) is 17.5 Å². The van der Waals surface area contributed by atoms with Gasteiger partial charge in [0.25, 0.3) is 0 Å². The smallest absolute Gasteiger partial charge is 0.135 e. The van der Waals surface area contributed by atoms with Crippen LogP contribution in [0.3, 0.4) is 0 Å². The minimum Gasteiger partial charge on any atom is -0.496 e. The predicted octanol–water partition coefficient (Wildman–Crippen LogP) is 1.92. The highest BCUT2D eigenvalue weighted by Crippen LogP contribution is 2.37. The lowest BCUT2D eigenvalue weighted by Crippen LogP contribution is -2.48. The first kappa shape index (κ1) is 10.6. The van der Waals surface area contributed by atoms with Gasteiger partial charge in [-0.25, -0.2) is 0 Å². The van der Waals surface area contributed by atoms with Crippen LogP contribution in [0.15, 0.2) is 22.7 Å². The third-order valence-electron chi connectivity index (χ3n) is 2.64. The van der Waals surface area contributed by atoms with Gasteiger partial charge in [-0.2, -0.15) is 0 Å². The molecule has 1 aliphatic rings. The standard InChI is InChI=1S/C11H11BrO3/c1-14-10-3-2-8(12)4-9(10)11(5-13)6-15-7-11/h2-5H,6-7H2,1H3. The molecule has 0 aromatic heterocycles. The van der Waals surface area contributed by atoms with Gasteiger partial charge in [0.05, 0.1) is 20.3 Å². The summed E-state index contributed by atoms with van der Waals surface area (Å²) in [5, 5.41) is 0. The number of halogens is 1. The molecule has 0 atom stereocenters. The summed E-state index contributed by atoms with van der Waals surface area (Å²) in [7, 11) is 1.60. The van der Waals surface area contributed by atoms with Gasteiger partial charge in [-0.15, -0.1) is 0 Å². The van der Waals surface area contributed by atoms with Crippen molar-refractivity contribution in [3.63, 3.8) is 0 Å². The summed E-state index contributed by atoms with van der Waals surface area (Å²) in [5.74, 6) is 0.730. The van der Waals surface area contributed by atoms with E-state index in [-0.39, 0.29) is 0 Å². The Bertz CT molecular complexity index is 385. The molecule has 1 heterocycles. The highest BCUT2D eigenvalue weighted by molar-refractivity contribution is 9.10. The molecule has 0 radical (unpaired) electrons. The van der Waals surface area contributed by atoms with Gasteiger partial charge in [0, 0.05) is 10.0 Å². The third kappa shape index (κ3) is 1.68. The zero-order valence-corrected chi connectivity index (χ0v) is 9.91. The Morgan fingerprint density at radius 2 is 2.27 bits per heavy atom. The van der Waals surface area contributed by atoms with Crippen molar-refractivity contribution in [3.05, 3.63) is 28.2 Å². The Morgan fingerprint density at radius 3 is 2.73 bits per heavy atom. The maximum atomic E-state index is 11.1. The molecule has 3 nitrogen and oxygen atoms in total. The van der Waals surface area contributed by atoms with Crippen LogP contribution in [0.2, 0.25) is 0 Å². The van der Waals surface area contributed by atoms with Crippen LogP contribution in [0.25, 0.3) is 0 Å². The lowest BCUT2D eigenvalue weighted by Gasteiger charge is -2.37. The highest BCUT2D eigenvalue weighted by atomic mass is 79.9. The molecule has 80 valence electrons. The topological polar surface area (TPSA) is 35.5 Å². The first-order valence-electron chi connectivity index (χ1n) is 4.60. The van der Waals surface area contributed by atoms with Crippen molar-refractivity contribution in [2.75, 3.05) is 20.3 Å². The molecule has 4 heteroatoms. The van der Waals surface area contributed by atoms with E-state index in [1.54, 1.807) is 7.11 Å². The molecule has 2 rings (SSSR count). The molecule has 15 heavy (non-hydrogen) atoms. The molecule has 0 N–H and O–H groups in total. The van der Waals surface area contributed by atoms with Gasteiger partial charge in [-0.1, -0.05) is 15.9 Å². The number of hydrogen-bond donors (Lipinski definition) is 0. The zero-order chi connectivity index (χ0) is 10.9. The van der Waals surface area contributed by atoms with Crippen LogP contribution in [-0.4, -0.2) is 26.6 Å². The van der Waals surface area contributed by atoms with Crippen molar-refractivity contribution in [2.45, 2.75) is 5.41 Å². The summed E-state index contributed by atoms with van der Waals surface area (Å²) in [5.41, 5.74) is 0.371. The number of benzene rings is 1. The van der Waals surface area contributed by atoms with E-state index < -0.39 is 5.41 Å².